The van der Waals surface area contributed by atoms with Crippen LogP contribution in [-0.2, 0) is 28.3 Å². The van der Waals surface area contributed by atoms with Gasteiger partial charge < -0.3 is 25.3 Å². The molecule has 3 heterocycles. The van der Waals surface area contributed by atoms with Crippen molar-refractivity contribution in [1.29, 1.82) is 0 Å². The lowest BCUT2D eigenvalue weighted by atomic mass is 9.83. The molecule has 1 unspecified atom stereocenters. The van der Waals surface area contributed by atoms with E-state index < -0.39 is 11.5 Å². The number of anilines is 2. The number of hydrogen-bond donors (Lipinski definition) is 3. The molecule has 3 N–H and O–H groups in total. The minimum atomic E-state index is -1.72. The van der Waals surface area contributed by atoms with E-state index in [0.29, 0.717) is 43.0 Å². The molecule has 4 aromatic rings. The normalized spacial score (nSPS) is 19.7. The molecule has 1 fully saturated rings. The van der Waals surface area contributed by atoms with Gasteiger partial charge in [-0.1, -0.05) is 85.0 Å². The number of hydrogen-bond acceptors (Lipinski definition) is 7. The van der Waals surface area contributed by atoms with Crippen LogP contribution in [0.25, 0.3) is 0 Å². The number of amides is 2. The van der Waals surface area contributed by atoms with Crippen LogP contribution < -0.4 is 15.1 Å². The van der Waals surface area contributed by atoms with Gasteiger partial charge >= 0.3 is 0 Å². The number of nitrogens with zero attached hydrogens (tertiary/aromatic N) is 5. The van der Waals surface area contributed by atoms with E-state index in [2.05, 4.69) is 15.6 Å². The number of nitrogens with one attached hydrogen (secondary N) is 1. The van der Waals surface area contributed by atoms with E-state index in [1.54, 1.807) is 14.5 Å². The third-order valence-corrected chi connectivity index (χ3v) is 8.74. The zero-order valence-electron chi connectivity index (χ0n) is 25.3. The summed E-state index contributed by atoms with van der Waals surface area (Å²) in [5.74, 6) is -1.10. The highest BCUT2D eigenvalue weighted by atomic mass is 16.3. The number of aromatic nitrogens is 3. The van der Waals surface area contributed by atoms with Crippen LogP contribution in [0.5, 0.6) is 0 Å². The predicted molar refractivity (Wildman–Crippen MR) is 172 cm³/mol. The Hall–Kier alpha value is -4.64. The molecule has 0 spiro atoms. The van der Waals surface area contributed by atoms with Gasteiger partial charge in [-0.15, -0.1) is 5.10 Å². The first-order valence-electron chi connectivity index (χ1n) is 15.4. The average molecular weight is 607 g/mol. The van der Waals surface area contributed by atoms with Crippen molar-refractivity contribution in [3.05, 3.63) is 120 Å². The number of aryl methyl sites for hydroxylation is 1. The Morgan fingerprint density at radius 3 is 2.64 bits per heavy atom. The maximum atomic E-state index is 14.0. The van der Waals surface area contributed by atoms with Crippen LogP contribution in [-0.4, -0.2) is 63.3 Å². The quantitative estimate of drug-likeness (QED) is 0.224. The molecule has 2 aliphatic rings. The summed E-state index contributed by atoms with van der Waals surface area (Å²) in [5, 5.41) is 33.5. The van der Waals surface area contributed by atoms with Crippen molar-refractivity contribution in [2.75, 3.05) is 36.0 Å². The van der Waals surface area contributed by atoms with Gasteiger partial charge in [0.25, 0.3) is 5.91 Å². The Kier molecular flexibility index (Phi) is 8.88. The van der Waals surface area contributed by atoms with E-state index in [1.807, 2.05) is 104 Å². The molecule has 0 radical (unpaired) electrons. The van der Waals surface area contributed by atoms with E-state index in [-0.39, 0.29) is 30.9 Å². The van der Waals surface area contributed by atoms with E-state index in [9.17, 15) is 19.8 Å². The topological polar surface area (TPSA) is 124 Å². The number of carbonyl (C=O) groups excluding carboxylic acids is 2. The van der Waals surface area contributed by atoms with E-state index in [4.69, 9.17) is 0 Å². The van der Waals surface area contributed by atoms with E-state index in [0.717, 1.165) is 23.4 Å². The van der Waals surface area contributed by atoms with Crippen molar-refractivity contribution in [2.45, 2.75) is 38.0 Å². The van der Waals surface area contributed by atoms with Crippen LogP contribution >= 0.6 is 0 Å². The maximum absolute atomic E-state index is 14.0. The highest BCUT2D eigenvalue weighted by molar-refractivity contribution is 6.07. The lowest BCUT2D eigenvalue weighted by Gasteiger charge is -2.29. The molecule has 2 amide bonds. The van der Waals surface area contributed by atoms with E-state index >= 15 is 0 Å². The number of para-hydroxylation sites is 1. The van der Waals surface area contributed by atoms with Crippen molar-refractivity contribution in [2.24, 2.45) is 5.92 Å². The second kappa shape index (κ2) is 13.2. The van der Waals surface area contributed by atoms with Gasteiger partial charge in [0, 0.05) is 43.0 Å². The minimum Gasteiger partial charge on any atom is -0.395 e. The third kappa shape index (κ3) is 6.04. The minimum absolute atomic E-state index is 0.0155. The Labute approximate surface area is 262 Å². The standard InChI is InChI=1S/C35H38N6O4/c1-25(10-7-8-18-39-23-31(37-38-39)29(24-42)27-12-3-2-4-13-27)35(45)30-15-5-6-16-32(30)41(34(35)44)22-26-11-9-14-28(20-26)40-19-17-36-21-33(40)43/h2-7,9-16,20,23,25,29,36,42,45H,8,17-19,21-22,24H2,1H3/b10-7+/t25-,29?,35+/m1/s1. The molecule has 1 saturated heterocycles. The van der Waals surface area contributed by atoms with Gasteiger partial charge in [-0.3, -0.25) is 14.3 Å². The van der Waals surface area contributed by atoms with Crippen LogP contribution in [0.2, 0.25) is 0 Å². The molecule has 0 aliphatic carbocycles. The Morgan fingerprint density at radius 1 is 1.04 bits per heavy atom. The lowest BCUT2D eigenvalue weighted by Crippen LogP contribution is -2.48. The molecule has 1 aromatic heterocycles. The average Bonchev–Trinajstić information content (AvgIpc) is 3.62. The fraction of sp³-hybridized carbons (Fsp3) is 0.314. The van der Waals surface area contributed by atoms with Crippen LogP contribution in [0.1, 0.15) is 41.6 Å². The number of fused-ring (bicyclic) bond motifs is 1. The number of carbonyl (C=O) groups is 2. The molecule has 0 saturated carbocycles. The highest BCUT2D eigenvalue weighted by Gasteiger charge is 2.52. The number of aliphatic hydroxyl groups is 2. The lowest BCUT2D eigenvalue weighted by molar-refractivity contribution is -0.139. The summed E-state index contributed by atoms with van der Waals surface area (Å²) in [7, 11) is 0. The molecule has 0 bridgehead atoms. The highest BCUT2D eigenvalue weighted by Crippen LogP contribution is 2.45. The zero-order valence-corrected chi connectivity index (χ0v) is 25.3. The van der Waals surface area contributed by atoms with Gasteiger partial charge in [0.15, 0.2) is 5.60 Å². The van der Waals surface area contributed by atoms with Crippen LogP contribution in [0.15, 0.2) is 97.2 Å². The van der Waals surface area contributed by atoms with Gasteiger partial charge in [-0.05, 0) is 35.7 Å². The van der Waals surface area contributed by atoms with Gasteiger partial charge in [0.05, 0.1) is 37.0 Å². The Bertz CT molecular complexity index is 1690. The summed E-state index contributed by atoms with van der Waals surface area (Å²) in [5.41, 5.74) is 2.90. The van der Waals surface area contributed by atoms with Crippen molar-refractivity contribution >= 4 is 23.2 Å². The van der Waals surface area contributed by atoms with Gasteiger partial charge in [0.1, 0.15) is 0 Å². The van der Waals surface area contributed by atoms with Crippen LogP contribution in [0.3, 0.4) is 0 Å². The SMILES string of the molecule is C[C@H](/C=C/CCn1cc(C(CO)c2ccccc2)nn1)[C@@]1(O)C(=O)N(Cc2cccc(N3CCNCC3=O)c2)c2ccccc21. The zero-order chi connectivity index (χ0) is 31.4. The summed E-state index contributed by atoms with van der Waals surface area (Å²) >= 11 is 0. The summed E-state index contributed by atoms with van der Waals surface area (Å²) in [6.07, 6.45) is 6.31. The first kappa shape index (κ1) is 30.4. The number of allylic oxidation sites excluding steroid dienone is 1. The number of rotatable bonds is 11. The molecule has 2 aliphatic heterocycles. The third-order valence-electron chi connectivity index (χ3n) is 8.74. The molecule has 10 heteroatoms. The number of benzene rings is 3. The van der Waals surface area contributed by atoms with E-state index in [1.165, 1.54) is 0 Å². The molecule has 45 heavy (non-hydrogen) atoms. The molecule has 6 rings (SSSR count). The summed E-state index contributed by atoms with van der Waals surface area (Å²) in [4.78, 5) is 29.8. The van der Waals surface area contributed by atoms with Crippen LogP contribution in [0.4, 0.5) is 11.4 Å². The van der Waals surface area contributed by atoms with Gasteiger partial charge in [0.2, 0.25) is 5.91 Å². The molecular weight excluding hydrogens is 568 g/mol. The second-order valence-electron chi connectivity index (χ2n) is 11.6. The molecule has 3 atom stereocenters. The number of piperazine rings is 1. The van der Waals surface area contributed by atoms with Crippen molar-refractivity contribution in [3.63, 3.8) is 0 Å². The van der Waals surface area contributed by atoms with Crippen molar-refractivity contribution in [3.8, 4) is 0 Å². The molecule has 232 valence electrons. The predicted octanol–water partition coefficient (Wildman–Crippen LogP) is 3.36. The van der Waals surface area contributed by atoms with Gasteiger partial charge in [-0.25, -0.2) is 0 Å². The Morgan fingerprint density at radius 2 is 1.84 bits per heavy atom. The molecule has 3 aromatic carbocycles. The number of aliphatic hydroxyl groups excluding tert-OH is 1. The van der Waals surface area contributed by atoms with Crippen molar-refractivity contribution in [1.82, 2.24) is 20.3 Å². The van der Waals surface area contributed by atoms with Crippen LogP contribution in [0, 0.1) is 5.92 Å². The summed E-state index contributed by atoms with van der Waals surface area (Å²) in [6.45, 7) is 4.24. The first-order valence-corrected chi connectivity index (χ1v) is 15.4. The molecular formula is C35H38N6O4. The van der Waals surface area contributed by atoms with Crippen molar-refractivity contribution < 1.29 is 19.8 Å². The fourth-order valence-corrected chi connectivity index (χ4v) is 6.23. The summed E-state index contributed by atoms with van der Waals surface area (Å²) < 4.78 is 1.74. The summed E-state index contributed by atoms with van der Waals surface area (Å²) in [6, 6.07) is 24.8. The monoisotopic (exact) mass is 606 g/mol. The second-order valence-corrected chi connectivity index (χ2v) is 11.6. The fourth-order valence-electron chi connectivity index (χ4n) is 6.23. The maximum Gasteiger partial charge on any atom is 0.264 e. The largest absolute Gasteiger partial charge is 0.395 e. The molecule has 10 nitrogen and oxygen atoms in total. The first-order chi connectivity index (χ1) is 21.9. The van der Waals surface area contributed by atoms with Gasteiger partial charge in [-0.2, -0.15) is 0 Å². The Balaban J connectivity index is 1.14. The smallest absolute Gasteiger partial charge is 0.264 e.